The summed E-state index contributed by atoms with van der Waals surface area (Å²) in [5, 5.41) is 0. The molecule has 0 N–H and O–H groups in total. The van der Waals surface area contributed by atoms with Crippen molar-refractivity contribution in [2.45, 2.75) is 112 Å². The monoisotopic (exact) mass is 677 g/mol. The number of likely N-dealkylation sites (N-methyl/N-ethyl adjacent to an activating group) is 1. The quantitative estimate of drug-likeness (QED) is 0.0558. The fourth-order valence-electron chi connectivity index (χ4n) is 5.61. The first kappa shape index (κ1) is 41.2. The lowest BCUT2D eigenvalue weighted by molar-refractivity contribution is -0.870. The van der Waals surface area contributed by atoms with Crippen molar-refractivity contribution in [3.63, 3.8) is 0 Å². The standard InChI is InChI=1S/C38H64NO7P/c1-29(2)15-12-16-30(3)17-13-18-31(4)19-14-21-38(8)22-20-35-34(7)36(32(5)33(6)37(35)46-38)43-27-25-42-26-28-45-47(40,41)44-24-23-39(9,10)11/h15,17,19H,12-14,16,18,20-28H2,1-11H3/b30-17+,31-19-. The van der Waals surface area contributed by atoms with Gasteiger partial charge in [-0.1, -0.05) is 34.9 Å². The van der Waals surface area contributed by atoms with Crippen molar-refractivity contribution < 1.29 is 37.2 Å². The highest BCUT2D eigenvalue weighted by Gasteiger charge is 2.34. The first-order valence-corrected chi connectivity index (χ1v) is 18.8. The van der Waals surface area contributed by atoms with Crippen LogP contribution in [0.2, 0.25) is 0 Å². The molecule has 0 aromatic heterocycles. The summed E-state index contributed by atoms with van der Waals surface area (Å²) in [6.07, 6.45) is 15.5. The molecule has 47 heavy (non-hydrogen) atoms. The second-order valence-electron chi connectivity index (χ2n) is 14.7. The molecule has 0 radical (unpaired) electrons. The van der Waals surface area contributed by atoms with Gasteiger partial charge >= 0.3 is 0 Å². The number of hydrogen-bond donors (Lipinski definition) is 0. The number of phosphoric acid groups is 1. The number of hydrogen-bond acceptors (Lipinski definition) is 7. The van der Waals surface area contributed by atoms with Gasteiger partial charge in [0.15, 0.2) is 0 Å². The van der Waals surface area contributed by atoms with Crippen LogP contribution in [0.4, 0.5) is 0 Å². The minimum absolute atomic E-state index is 0.0784. The van der Waals surface area contributed by atoms with Gasteiger partial charge in [-0.05, 0) is 123 Å². The van der Waals surface area contributed by atoms with E-state index in [2.05, 4.69) is 73.6 Å². The van der Waals surface area contributed by atoms with E-state index in [4.69, 9.17) is 23.3 Å². The highest BCUT2D eigenvalue weighted by atomic mass is 31.2. The molecule has 0 fully saturated rings. The molecule has 0 saturated heterocycles. The third-order valence-corrected chi connectivity index (χ3v) is 9.81. The second kappa shape index (κ2) is 19.3. The summed E-state index contributed by atoms with van der Waals surface area (Å²) in [5.41, 5.74) is 8.67. The summed E-state index contributed by atoms with van der Waals surface area (Å²) in [4.78, 5) is 11.9. The van der Waals surface area contributed by atoms with Crippen LogP contribution in [0.3, 0.4) is 0 Å². The van der Waals surface area contributed by atoms with Crippen molar-refractivity contribution in [1.82, 2.24) is 0 Å². The Morgan fingerprint density at radius 1 is 0.851 bits per heavy atom. The third kappa shape index (κ3) is 15.4. The van der Waals surface area contributed by atoms with Gasteiger partial charge in [0.1, 0.15) is 36.9 Å². The average Bonchev–Trinajstić information content (AvgIpc) is 2.96. The Morgan fingerprint density at radius 3 is 2.09 bits per heavy atom. The van der Waals surface area contributed by atoms with Crippen LogP contribution in [-0.4, -0.2) is 70.8 Å². The lowest BCUT2D eigenvalue weighted by Crippen LogP contribution is -2.37. The largest absolute Gasteiger partial charge is 0.756 e. The van der Waals surface area contributed by atoms with E-state index in [0.717, 1.165) is 79.6 Å². The highest BCUT2D eigenvalue weighted by molar-refractivity contribution is 7.45. The molecule has 2 atom stereocenters. The Kier molecular flexibility index (Phi) is 16.9. The van der Waals surface area contributed by atoms with Gasteiger partial charge in [-0.15, -0.1) is 0 Å². The Hall–Kier alpha value is -1.93. The van der Waals surface area contributed by atoms with E-state index < -0.39 is 7.82 Å². The van der Waals surface area contributed by atoms with Crippen molar-refractivity contribution in [1.29, 1.82) is 0 Å². The van der Waals surface area contributed by atoms with Crippen molar-refractivity contribution in [2.24, 2.45) is 0 Å². The Labute approximate surface area is 286 Å². The normalized spacial score (nSPS) is 18.4. The number of quaternary nitrogens is 1. The minimum Gasteiger partial charge on any atom is -0.756 e. The molecule has 1 aliphatic rings. The van der Waals surface area contributed by atoms with E-state index in [9.17, 15) is 9.46 Å². The van der Waals surface area contributed by atoms with E-state index in [1.165, 1.54) is 22.3 Å². The smallest absolute Gasteiger partial charge is 0.268 e. The van der Waals surface area contributed by atoms with Gasteiger partial charge in [-0.3, -0.25) is 4.57 Å². The molecule has 0 spiro atoms. The van der Waals surface area contributed by atoms with Crippen LogP contribution in [0, 0.1) is 20.8 Å². The van der Waals surface area contributed by atoms with Crippen LogP contribution < -0.4 is 14.4 Å². The van der Waals surface area contributed by atoms with Crippen LogP contribution in [0.25, 0.3) is 0 Å². The molecule has 1 aromatic carbocycles. The van der Waals surface area contributed by atoms with Crippen LogP contribution in [0.15, 0.2) is 34.9 Å². The van der Waals surface area contributed by atoms with Gasteiger partial charge < -0.3 is 32.6 Å². The molecule has 268 valence electrons. The number of benzene rings is 1. The van der Waals surface area contributed by atoms with E-state index >= 15 is 0 Å². The minimum atomic E-state index is -4.33. The molecular weight excluding hydrogens is 613 g/mol. The van der Waals surface area contributed by atoms with Crippen LogP contribution >= 0.6 is 7.82 Å². The zero-order chi connectivity index (χ0) is 35.3. The molecular formula is C38H64NO7P. The Balaban J connectivity index is 1.82. The van der Waals surface area contributed by atoms with Crippen molar-refractivity contribution in [3.05, 3.63) is 57.2 Å². The number of ether oxygens (including phenoxy) is 3. The maximum Gasteiger partial charge on any atom is 0.268 e. The number of fused-ring (bicyclic) bond motifs is 1. The predicted molar refractivity (Wildman–Crippen MR) is 191 cm³/mol. The zero-order valence-electron chi connectivity index (χ0n) is 31.4. The van der Waals surface area contributed by atoms with Crippen molar-refractivity contribution in [2.75, 3.05) is 60.7 Å². The van der Waals surface area contributed by atoms with Crippen molar-refractivity contribution in [3.8, 4) is 11.5 Å². The number of nitrogens with zero attached hydrogens (tertiary/aromatic N) is 1. The molecule has 8 nitrogen and oxygen atoms in total. The van der Waals surface area contributed by atoms with Gasteiger partial charge in [0, 0.05) is 5.56 Å². The fraction of sp³-hybridized carbons (Fsp3) is 0.684. The Bertz CT molecular complexity index is 1290. The van der Waals surface area contributed by atoms with Gasteiger partial charge in [-0.25, -0.2) is 0 Å². The first-order valence-electron chi connectivity index (χ1n) is 17.3. The molecule has 0 saturated carbocycles. The summed E-state index contributed by atoms with van der Waals surface area (Å²) < 4.78 is 40.8. The Morgan fingerprint density at radius 2 is 1.45 bits per heavy atom. The maximum absolute atomic E-state index is 11.9. The van der Waals surface area contributed by atoms with Gasteiger partial charge in [0.05, 0.1) is 41.0 Å². The maximum atomic E-state index is 11.9. The van der Waals surface area contributed by atoms with E-state index in [-0.39, 0.29) is 25.4 Å². The molecule has 9 heteroatoms. The molecule has 2 rings (SSSR count). The number of allylic oxidation sites excluding steroid dienone is 6. The SMILES string of the molecule is CC(C)=CCC/C(C)=C/CC/C(C)=C\CCC1(C)CCc2c(C)c(OCCOCCOP(=O)([O-])OCC[N+](C)(C)C)c(C)c(C)c2O1. The topological polar surface area (TPSA) is 86.3 Å². The second-order valence-corrected chi connectivity index (χ2v) is 16.1. The average molecular weight is 678 g/mol. The van der Waals surface area contributed by atoms with E-state index in [1.54, 1.807) is 0 Å². The molecule has 1 aliphatic heterocycles. The third-order valence-electron chi connectivity index (χ3n) is 8.81. The van der Waals surface area contributed by atoms with Gasteiger partial charge in [0.25, 0.3) is 7.82 Å². The first-order chi connectivity index (χ1) is 21.9. The fourth-order valence-corrected chi connectivity index (χ4v) is 6.29. The molecule has 1 heterocycles. The highest BCUT2D eigenvalue weighted by Crippen LogP contribution is 2.45. The van der Waals surface area contributed by atoms with Crippen LogP contribution in [0.5, 0.6) is 11.5 Å². The zero-order valence-corrected chi connectivity index (χ0v) is 32.3. The summed E-state index contributed by atoms with van der Waals surface area (Å²) >= 11 is 0. The van der Waals surface area contributed by atoms with Gasteiger partial charge in [0.2, 0.25) is 0 Å². The summed E-state index contributed by atoms with van der Waals surface area (Å²) in [6.45, 7) is 18.7. The summed E-state index contributed by atoms with van der Waals surface area (Å²) in [6, 6.07) is 0. The van der Waals surface area contributed by atoms with Crippen molar-refractivity contribution >= 4 is 7.82 Å². The number of phosphoric ester groups is 1. The molecule has 2 unspecified atom stereocenters. The predicted octanol–water partition coefficient (Wildman–Crippen LogP) is 8.50. The molecule has 1 aromatic rings. The molecule has 0 amide bonds. The summed E-state index contributed by atoms with van der Waals surface area (Å²) in [7, 11) is 1.56. The molecule has 0 bridgehead atoms. The van der Waals surface area contributed by atoms with Crippen LogP contribution in [-0.2, 0) is 24.8 Å². The van der Waals surface area contributed by atoms with E-state index in [0.29, 0.717) is 24.2 Å². The summed E-state index contributed by atoms with van der Waals surface area (Å²) in [5.74, 6) is 1.89. The van der Waals surface area contributed by atoms with E-state index in [1.807, 2.05) is 21.1 Å². The lowest BCUT2D eigenvalue weighted by Gasteiger charge is -2.38. The lowest BCUT2D eigenvalue weighted by atomic mass is 9.85. The molecule has 0 aliphatic carbocycles. The van der Waals surface area contributed by atoms with Crippen LogP contribution in [0.1, 0.15) is 102 Å². The van der Waals surface area contributed by atoms with Gasteiger partial charge in [-0.2, -0.15) is 0 Å². The number of rotatable bonds is 21.